The van der Waals surface area contributed by atoms with Crippen molar-refractivity contribution in [3.63, 3.8) is 0 Å². The molecule has 14 heavy (non-hydrogen) atoms. The molecule has 1 aromatic rings. The van der Waals surface area contributed by atoms with E-state index in [1.165, 1.54) is 0 Å². The van der Waals surface area contributed by atoms with Gasteiger partial charge in [-0.05, 0) is 40.5 Å². The van der Waals surface area contributed by atoms with E-state index in [0.717, 1.165) is 10.0 Å². The summed E-state index contributed by atoms with van der Waals surface area (Å²) < 4.78 is 5.69. The molecule has 0 aliphatic heterocycles. The zero-order chi connectivity index (χ0) is 9.84. The summed E-state index contributed by atoms with van der Waals surface area (Å²) in [5.41, 5.74) is 1.08. The SMILES string of the molecule is Cc1ccc(OCC(=O)[O-])c(Br)c1.[Na+]. The van der Waals surface area contributed by atoms with Gasteiger partial charge in [0.05, 0.1) is 10.4 Å². The second kappa shape index (κ2) is 6.45. The van der Waals surface area contributed by atoms with Crippen LogP contribution in [0.3, 0.4) is 0 Å². The van der Waals surface area contributed by atoms with Crippen LogP contribution in [0.15, 0.2) is 22.7 Å². The fourth-order valence-electron chi connectivity index (χ4n) is 0.860. The van der Waals surface area contributed by atoms with E-state index in [1.807, 2.05) is 19.1 Å². The molecule has 5 heteroatoms. The monoisotopic (exact) mass is 266 g/mol. The van der Waals surface area contributed by atoms with E-state index < -0.39 is 12.6 Å². The minimum absolute atomic E-state index is 0. The summed E-state index contributed by atoms with van der Waals surface area (Å²) in [4.78, 5) is 10.1. The number of carbonyl (C=O) groups excluding carboxylic acids is 1. The number of rotatable bonds is 3. The molecule has 0 aliphatic rings. The molecule has 0 aliphatic carbocycles. The van der Waals surface area contributed by atoms with E-state index >= 15 is 0 Å². The summed E-state index contributed by atoms with van der Waals surface area (Å²) in [6.45, 7) is 1.51. The van der Waals surface area contributed by atoms with Crippen LogP contribution < -0.4 is 39.4 Å². The molecular weight excluding hydrogens is 259 g/mol. The van der Waals surface area contributed by atoms with Gasteiger partial charge in [0.1, 0.15) is 12.4 Å². The third-order valence-corrected chi connectivity index (χ3v) is 2.05. The number of carbonyl (C=O) groups is 1. The number of aliphatic carboxylic acids is 1. The van der Waals surface area contributed by atoms with Crippen molar-refractivity contribution in [1.82, 2.24) is 0 Å². The smallest absolute Gasteiger partial charge is 0.546 e. The Morgan fingerprint density at radius 1 is 1.57 bits per heavy atom. The number of carboxylic acids is 1. The molecule has 0 fully saturated rings. The number of carboxylic acid groups (broad SMARTS) is 1. The Balaban J connectivity index is 0.00000169. The standard InChI is InChI=1S/C9H9BrO3.Na/c1-6-2-3-8(7(10)4-6)13-5-9(11)12;/h2-4H,5H2,1H3,(H,11,12);/q;+1/p-1. The Bertz CT molecular complexity index is 328. The number of aryl methyl sites for hydroxylation is 1. The minimum Gasteiger partial charge on any atom is -0.546 e. The van der Waals surface area contributed by atoms with Gasteiger partial charge in [-0.15, -0.1) is 0 Å². The van der Waals surface area contributed by atoms with Crippen molar-refractivity contribution < 1.29 is 44.2 Å². The van der Waals surface area contributed by atoms with E-state index in [1.54, 1.807) is 6.07 Å². The third-order valence-electron chi connectivity index (χ3n) is 1.43. The molecular formula is C9H8BrNaO3. The molecule has 0 heterocycles. The number of benzene rings is 1. The van der Waals surface area contributed by atoms with Crippen LogP contribution in [0.4, 0.5) is 0 Å². The molecule has 1 aromatic carbocycles. The van der Waals surface area contributed by atoms with Crippen LogP contribution in [-0.2, 0) is 4.79 Å². The molecule has 0 saturated carbocycles. The maximum absolute atomic E-state index is 10.1. The van der Waals surface area contributed by atoms with Crippen LogP contribution in [0.1, 0.15) is 5.56 Å². The minimum atomic E-state index is -1.23. The van der Waals surface area contributed by atoms with Crippen LogP contribution in [0.5, 0.6) is 5.75 Å². The fourth-order valence-corrected chi connectivity index (χ4v) is 1.47. The van der Waals surface area contributed by atoms with E-state index in [4.69, 9.17) is 4.74 Å². The second-order valence-electron chi connectivity index (χ2n) is 2.59. The first-order chi connectivity index (χ1) is 6.09. The Morgan fingerprint density at radius 3 is 2.71 bits per heavy atom. The molecule has 0 aromatic heterocycles. The largest absolute Gasteiger partial charge is 1.00 e. The Kier molecular flexibility index (Phi) is 6.44. The van der Waals surface area contributed by atoms with Gasteiger partial charge < -0.3 is 14.6 Å². The Hall–Kier alpha value is -0.0300. The van der Waals surface area contributed by atoms with Crippen molar-refractivity contribution in [2.75, 3.05) is 6.61 Å². The number of hydrogen-bond acceptors (Lipinski definition) is 3. The molecule has 0 unspecified atom stereocenters. The number of hydrogen-bond donors (Lipinski definition) is 0. The topological polar surface area (TPSA) is 49.4 Å². The first-order valence-corrected chi connectivity index (χ1v) is 4.47. The number of halogens is 1. The van der Waals surface area contributed by atoms with Gasteiger partial charge in [-0.25, -0.2) is 0 Å². The van der Waals surface area contributed by atoms with Crippen molar-refractivity contribution in [2.45, 2.75) is 6.92 Å². The predicted octanol–water partition coefficient (Wildman–Crippen LogP) is -2.11. The zero-order valence-corrected chi connectivity index (χ0v) is 11.6. The van der Waals surface area contributed by atoms with Gasteiger partial charge in [0.15, 0.2) is 0 Å². The van der Waals surface area contributed by atoms with E-state index in [-0.39, 0.29) is 29.6 Å². The van der Waals surface area contributed by atoms with Crippen LogP contribution in [0.25, 0.3) is 0 Å². The van der Waals surface area contributed by atoms with Crippen molar-refractivity contribution in [2.24, 2.45) is 0 Å². The summed E-state index contributed by atoms with van der Waals surface area (Å²) in [6.07, 6.45) is 0. The molecule has 0 amide bonds. The molecule has 1 rings (SSSR count). The van der Waals surface area contributed by atoms with E-state index in [9.17, 15) is 9.90 Å². The van der Waals surface area contributed by atoms with E-state index in [2.05, 4.69) is 15.9 Å². The van der Waals surface area contributed by atoms with Crippen LogP contribution >= 0.6 is 15.9 Å². The van der Waals surface area contributed by atoms with Gasteiger partial charge in [0.25, 0.3) is 0 Å². The van der Waals surface area contributed by atoms with Gasteiger partial charge >= 0.3 is 29.6 Å². The van der Waals surface area contributed by atoms with Crippen molar-refractivity contribution >= 4 is 21.9 Å². The van der Waals surface area contributed by atoms with Gasteiger partial charge in [0.2, 0.25) is 0 Å². The summed E-state index contributed by atoms with van der Waals surface area (Å²) in [5, 5.41) is 10.1. The summed E-state index contributed by atoms with van der Waals surface area (Å²) >= 11 is 3.26. The first-order valence-electron chi connectivity index (χ1n) is 3.68. The van der Waals surface area contributed by atoms with Crippen molar-refractivity contribution in [3.05, 3.63) is 28.2 Å². The second-order valence-corrected chi connectivity index (χ2v) is 3.45. The van der Waals surface area contributed by atoms with Crippen molar-refractivity contribution in [3.8, 4) is 5.75 Å². The summed E-state index contributed by atoms with van der Waals surface area (Å²) in [5.74, 6) is -0.720. The molecule has 0 bridgehead atoms. The van der Waals surface area contributed by atoms with Gasteiger partial charge in [0, 0.05) is 0 Å². The average Bonchev–Trinajstić information content (AvgIpc) is 2.02. The number of ether oxygens (including phenoxy) is 1. The average molecular weight is 267 g/mol. The van der Waals surface area contributed by atoms with E-state index in [0.29, 0.717) is 5.75 Å². The maximum Gasteiger partial charge on any atom is 1.00 e. The molecule has 0 N–H and O–H groups in total. The molecule has 0 saturated heterocycles. The molecule has 3 nitrogen and oxygen atoms in total. The normalized spacial score (nSPS) is 9.00. The third kappa shape index (κ3) is 4.46. The van der Waals surface area contributed by atoms with Crippen LogP contribution in [-0.4, -0.2) is 12.6 Å². The predicted molar refractivity (Wildman–Crippen MR) is 49.4 cm³/mol. The molecule has 0 atom stereocenters. The molecule has 0 spiro atoms. The van der Waals surface area contributed by atoms with Gasteiger partial charge in [-0.2, -0.15) is 0 Å². The first kappa shape index (κ1) is 14.0. The van der Waals surface area contributed by atoms with Gasteiger partial charge in [-0.1, -0.05) is 6.07 Å². The molecule has 70 valence electrons. The van der Waals surface area contributed by atoms with Gasteiger partial charge in [-0.3, -0.25) is 0 Å². The zero-order valence-electron chi connectivity index (χ0n) is 8.04. The molecule has 0 radical (unpaired) electrons. The summed E-state index contributed by atoms with van der Waals surface area (Å²) in [6, 6.07) is 5.41. The fraction of sp³-hybridized carbons (Fsp3) is 0.222. The maximum atomic E-state index is 10.1. The van der Waals surface area contributed by atoms with Crippen LogP contribution in [0, 0.1) is 6.92 Å². The van der Waals surface area contributed by atoms with Crippen LogP contribution in [0.2, 0.25) is 0 Å². The Morgan fingerprint density at radius 2 is 2.21 bits per heavy atom. The quantitative estimate of drug-likeness (QED) is 0.589. The Labute approximate surface area is 113 Å². The summed E-state index contributed by atoms with van der Waals surface area (Å²) in [7, 11) is 0. The van der Waals surface area contributed by atoms with Crippen molar-refractivity contribution in [1.29, 1.82) is 0 Å².